The number of methoxy groups -OCH3 is 1. The van der Waals surface area contributed by atoms with Gasteiger partial charge in [-0.05, 0) is 54.8 Å². The lowest BCUT2D eigenvalue weighted by Crippen LogP contribution is -2.28. The van der Waals surface area contributed by atoms with Crippen LogP contribution in [0.15, 0.2) is 53.5 Å². The second-order valence-corrected chi connectivity index (χ2v) is 6.37. The maximum atomic E-state index is 12.0. The lowest BCUT2D eigenvalue weighted by atomic mass is 9.85. The van der Waals surface area contributed by atoms with E-state index in [0.29, 0.717) is 12.5 Å². The molecule has 0 bridgehead atoms. The average molecular weight is 352 g/mol. The van der Waals surface area contributed by atoms with Crippen molar-refractivity contribution in [2.24, 2.45) is 16.6 Å². The first-order chi connectivity index (χ1) is 12.6. The van der Waals surface area contributed by atoms with Crippen LogP contribution in [-0.4, -0.2) is 19.0 Å². The number of rotatable bonds is 6. The molecule has 0 aliphatic heterocycles. The van der Waals surface area contributed by atoms with Crippen molar-refractivity contribution in [3.05, 3.63) is 54.1 Å². The Kier molecular flexibility index (Phi) is 5.73. The molecule has 136 valence electrons. The Labute approximate surface area is 153 Å². The predicted octanol–water partition coefficient (Wildman–Crippen LogP) is 3.36. The van der Waals surface area contributed by atoms with Crippen LogP contribution in [0.2, 0.25) is 0 Å². The number of nitrogens with two attached hydrogens (primary N) is 1. The van der Waals surface area contributed by atoms with Gasteiger partial charge in [0.1, 0.15) is 5.75 Å². The molecule has 0 aromatic heterocycles. The van der Waals surface area contributed by atoms with E-state index >= 15 is 0 Å². The van der Waals surface area contributed by atoms with Crippen molar-refractivity contribution in [3.8, 4) is 5.75 Å². The van der Waals surface area contributed by atoms with E-state index in [1.54, 1.807) is 7.11 Å². The summed E-state index contributed by atoms with van der Waals surface area (Å²) in [6.07, 6.45) is 3.13. The zero-order valence-corrected chi connectivity index (χ0v) is 14.9. The van der Waals surface area contributed by atoms with E-state index in [0.717, 1.165) is 42.0 Å². The largest absolute Gasteiger partial charge is 0.497 e. The van der Waals surface area contributed by atoms with Gasteiger partial charge < -0.3 is 21.1 Å². The number of guanidine groups is 1. The van der Waals surface area contributed by atoms with Crippen molar-refractivity contribution in [2.75, 3.05) is 17.7 Å². The fourth-order valence-corrected chi connectivity index (χ4v) is 2.70. The van der Waals surface area contributed by atoms with Gasteiger partial charge in [-0.25, -0.2) is 4.99 Å². The quantitative estimate of drug-likeness (QED) is 0.549. The molecule has 1 fully saturated rings. The first-order valence-electron chi connectivity index (χ1n) is 8.75. The van der Waals surface area contributed by atoms with Crippen LogP contribution in [0.1, 0.15) is 24.8 Å². The molecular formula is C20H24N4O2. The molecule has 0 saturated heterocycles. The van der Waals surface area contributed by atoms with Crippen LogP contribution in [0.4, 0.5) is 11.4 Å². The third-order valence-electron chi connectivity index (χ3n) is 4.46. The van der Waals surface area contributed by atoms with Gasteiger partial charge in [0.2, 0.25) is 5.91 Å². The molecular weight excluding hydrogens is 328 g/mol. The Morgan fingerprint density at radius 3 is 2.58 bits per heavy atom. The van der Waals surface area contributed by atoms with Crippen molar-refractivity contribution >= 4 is 23.2 Å². The highest BCUT2D eigenvalue weighted by Gasteiger charge is 2.25. The third kappa shape index (κ3) is 4.75. The van der Waals surface area contributed by atoms with Gasteiger partial charge in [-0.1, -0.05) is 18.6 Å². The standard InChI is InChI=1S/C20H24N4O2/c1-26-18-10-8-16(9-11-18)24-20(21)22-13-14-4-2-7-17(12-14)23-19(25)15-5-3-6-15/h2,4,7-12,15H,3,5-6,13H2,1H3,(H,23,25)(H3,21,22,24). The zero-order chi connectivity index (χ0) is 18.4. The van der Waals surface area contributed by atoms with Gasteiger partial charge in [-0.3, -0.25) is 4.79 Å². The lowest BCUT2D eigenvalue weighted by Gasteiger charge is -2.24. The van der Waals surface area contributed by atoms with Crippen molar-refractivity contribution < 1.29 is 9.53 Å². The van der Waals surface area contributed by atoms with Gasteiger partial charge in [-0.2, -0.15) is 0 Å². The number of benzene rings is 2. The number of anilines is 2. The summed E-state index contributed by atoms with van der Waals surface area (Å²) in [7, 11) is 1.63. The van der Waals surface area contributed by atoms with Gasteiger partial charge in [0, 0.05) is 17.3 Å². The third-order valence-corrected chi connectivity index (χ3v) is 4.46. The van der Waals surface area contributed by atoms with Crippen LogP contribution in [0.3, 0.4) is 0 Å². The predicted molar refractivity (Wildman–Crippen MR) is 104 cm³/mol. The second-order valence-electron chi connectivity index (χ2n) is 6.37. The first-order valence-corrected chi connectivity index (χ1v) is 8.75. The SMILES string of the molecule is COc1ccc(NC(N)=NCc2cccc(NC(=O)C3CCC3)c2)cc1. The number of hydrogen-bond acceptors (Lipinski definition) is 3. The summed E-state index contributed by atoms with van der Waals surface area (Å²) in [5.41, 5.74) is 8.57. The molecule has 3 rings (SSSR count). The highest BCUT2D eigenvalue weighted by Crippen LogP contribution is 2.27. The van der Waals surface area contributed by atoms with Crippen molar-refractivity contribution in [1.82, 2.24) is 0 Å². The van der Waals surface area contributed by atoms with E-state index in [-0.39, 0.29) is 11.8 Å². The van der Waals surface area contributed by atoms with Crippen molar-refractivity contribution in [3.63, 3.8) is 0 Å². The maximum Gasteiger partial charge on any atom is 0.227 e. The van der Waals surface area contributed by atoms with Crippen molar-refractivity contribution in [2.45, 2.75) is 25.8 Å². The zero-order valence-electron chi connectivity index (χ0n) is 14.9. The Hall–Kier alpha value is -3.02. The maximum absolute atomic E-state index is 12.0. The van der Waals surface area contributed by atoms with Crippen molar-refractivity contribution in [1.29, 1.82) is 0 Å². The fourth-order valence-electron chi connectivity index (χ4n) is 2.70. The van der Waals surface area contributed by atoms with Gasteiger partial charge in [-0.15, -0.1) is 0 Å². The Bertz CT molecular complexity index is 783. The molecule has 2 aromatic carbocycles. The summed E-state index contributed by atoms with van der Waals surface area (Å²) in [5.74, 6) is 1.39. The van der Waals surface area contributed by atoms with E-state index in [4.69, 9.17) is 10.5 Å². The fraction of sp³-hybridized carbons (Fsp3) is 0.300. The number of amides is 1. The number of carbonyl (C=O) groups excluding carboxylic acids is 1. The molecule has 6 nitrogen and oxygen atoms in total. The van der Waals surface area contributed by atoms with E-state index < -0.39 is 0 Å². The molecule has 0 heterocycles. The van der Waals surface area contributed by atoms with E-state index in [2.05, 4.69) is 15.6 Å². The minimum Gasteiger partial charge on any atom is -0.497 e. The highest BCUT2D eigenvalue weighted by molar-refractivity contribution is 5.93. The summed E-state index contributed by atoms with van der Waals surface area (Å²) in [4.78, 5) is 16.4. The number of hydrogen-bond donors (Lipinski definition) is 3. The smallest absolute Gasteiger partial charge is 0.227 e. The molecule has 1 saturated carbocycles. The van der Waals surface area contributed by atoms with Crippen LogP contribution in [0.25, 0.3) is 0 Å². The summed E-state index contributed by atoms with van der Waals surface area (Å²) in [5, 5.41) is 6.02. The summed E-state index contributed by atoms with van der Waals surface area (Å²) in [6.45, 7) is 0.433. The monoisotopic (exact) mass is 352 g/mol. The van der Waals surface area contributed by atoms with E-state index in [9.17, 15) is 4.79 Å². The normalized spacial score (nSPS) is 14.4. The molecule has 1 amide bonds. The van der Waals surface area contributed by atoms with Gasteiger partial charge in [0.05, 0.1) is 13.7 Å². The van der Waals surface area contributed by atoms with Crippen LogP contribution >= 0.6 is 0 Å². The van der Waals surface area contributed by atoms with Crippen LogP contribution in [0, 0.1) is 5.92 Å². The van der Waals surface area contributed by atoms with Gasteiger partial charge in [0.15, 0.2) is 5.96 Å². The molecule has 0 radical (unpaired) electrons. The molecule has 0 atom stereocenters. The number of ether oxygens (including phenoxy) is 1. The number of nitrogens with zero attached hydrogens (tertiary/aromatic N) is 1. The molecule has 2 aromatic rings. The molecule has 1 aliphatic carbocycles. The summed E-state index contributed by atoms with van der Waals surface area (Å²) < 4.78 is 5.12. The van der Waals surface area contributed by atoms with Crippen LogP contribution in [0.5, 0.6) is 5.75 Å². The minimum absolute atomic E-state index is 0.109. The Balaban J connectivity index is 1.56. The molecule has 1 aliphatic rings. The van der Waals surface area contributed by atoms with Crippen LogP contribution in [-0.2, 0) is 11.3 Å². The second kappa shape index (κ2) is 8.38. The molecule has 26 heavy (non-hydrogen) atoms. The number of aliphatic imine (C=N–C) groups is 1. The first kappa shape index (κ1) is 17.8. The van der Waals surface area contributed by atoms with Gasteiger partial charge >= 0.3 is 0 Å². The Morgan fingerprint density at radius 2 is 1.92 bits per heavy atom. The summed E-state index contributed by atoms with van der Waals surface area (Å²) >= 11 is 0. The van der Waals surface area contributed by atoms with Gasteiger partial charge in [0.25, 0.3) is 0 Å². The number of carbonyl (C=O) groups is 1. The molecule has 6 heteroatoms. The highest BCUT2D eigenvalue weighted by atomic mass is 16.5. The average Bonchev–Trinajstić information content (AvgIpc) is 2.59. The Morgan fingerprint density at radius 1 is 1.15 bits per heavy atom. The minimum atomic E-state index is 0.109. The van der Waals surface area contributed by atoms with E-state index in [1.807, 2.05) is 48.5 Å². The topological polar surface area (TPSA) is 88.7 Å². The lowest BCUT2D eigenvalue weighted by molar-refractivity contribution is -0.122. The molecule has 4 N–H and O–H groups in total. The molecule has 0 unspecified atom stereocenters. The summed E-state index contributed by atoms with van der Waals surface area (Å²) in [6, 6.07) is 15.1. The van der Waals surface area contributed by atoms with E-state index in [1.165, 1.54) is 0 Å². The number of nitrogens with one attached hydrogen (secondary N) is 2. The van der Waals surface area contributed by atoms with Crippen LogP contribution < -0.4 is 21.1 Å². The molecule has 0 spiro atoms.